The first-order valence-corrected chi connectivity index (χ1v) is 17.5. The standard InChI is InChI=1S/C47H36N4/c1-47(2)41-18-7-6-16-40(41)43-39(17-9-19-42(43)47)37-14-8-13-36(29-37)31-20-24-34(25-21-31)45-49-44(33-11-4-3-5-12-33)50-46(51-45)35-26-22-32(23-27-35)38-15-10-28-48-30-38/h3-30,40-41H,1-2H3. The summed E-state index contributed by atoms with van der Waals surface area (Å²) in [5.41, 5.74) is 12.9. The molecule has 0 N–H and O–H groups in total. The van der Waals surface area contributed by atoms with Crippen molar-refractivity contribution in [2.24, 2.45) is 5.92 Å². The zero-order valence-electron chi connectivity index (χ0n) is 28.6. The lowest BCUT2D eigenvalue weighted by atomic mass is 9.74. The van der Waals surface area contributed by atoms with Gasteiger partial charge in [-0.15, -0.1) is 0 Å². The maximum Gasteiger partial charge on any atom is 0.164 e. The van der Waals surface area contributed by atoms with Crippen molar-refractivity contribution in [2.45, 2.75) is 25.2 Å². The maximum atomic E-state index is 4.99. The van der Waals surface area contributed by atoms with E-state index in [0.717, 1.165) is 33.4 Å². The summed E-state index contributed by atoms with van der Waals surface area (Å²) in [6.45, 7) is 4.78. The van der Waals surface area contributed by atoms with E-state index in [1.807, 2.05) is 42.6 Å². The van der Waals surface area contributed by atoms with Crippen LogP contribution in [0.3, 0.4) is 0 Å². The molecular weight excluding hydrogens is 621 g/mol. The average molecular weight is 657 g/mol. The van der Waals surface area contributed by atoms with Gasteiger partial charge in [-0.3, -0.25) is 4.98 Å². The summed E-state index contributed by atoms with van der Waals surface area (Å²) in [5.74, 6) is 2.79. The third kappa shape index (κ3) is 5.59. The number of pyridine rings is 1. The van der Waals surface area contributed by atoms with Crippen LogP contribution in [-0.2, 0) is 5.41 Å². The van der Waals surface area contributed by atoms with E-state index in [1.165, 1.54) is 27.8 Å². The van der Waals surface area contributed by atoms with Gasteiger partial charge in [0.15, 0.2) is 17.5 Å². The highest BCUT2D eigenvalue weighted by atomic mass is 15.0. The van der Waals surface area contributed by atoms with Gasteiger partial charge in [-0.25, -0.2) is 15.0 Å². The summed E-state index contributed by atoms with van der Waals surface area (Å²) in [7, 11) is 0. The Bertz CT molecular complexity index is 2430. The van der Waals surface area contributed by atoms with Gasteiger partial charge in [0.1, 0.15) is 0 Å². The first-order valence-electron chi connectivity index (χ1n) is 17.5. The van der Waals surface area contributed by atoms with Crippen LogP contribution in [0.25, 0.3) is 67.5 Å². The molecule has 0 fully saturated rings. The Balaban J connectivity index is 1.06. The number of rotatable bonds is 6. The summed E-state index contributed by atoms with van der Waals surface area (Å²) in [6, 6.07) is 46.8. The highest BCUT2D eigenvalue weighted by Crippen LogP contribution is 2.55. The Morgan fingerprint density at radius 1 is 0.471 bits per heavy atom. The Labute approximate surface area is 299 Å². The molecule has 0 bridgehead atoms. The minimum Gasteiger partial charge on any atom is -0.264 e. The Hall–Kier alpha value is -6.26. The largest absolute Gasteiger partial charge is 0.264 e. The van der Waals surface area contributed by atoms with Gasteiger partial charge in [-0.2, -0.15) is 0 Å². The second kappa shape index (κ2) is 12.6. The van der Waals surface area contributed by atoms with E-state index >= 15 is 0 Å². The molecule has 0 aliphatic heterocycles. The molecule has 4 heteroatoms. The van der Waals surface area contributed by atoms with Crippen LogP contribution in [0.2, 0.25) is 0 Å². The van der Waals surface area contributed by atoms with Crippen LogP contribution >= 0.6 is 0 Å². The third-order valence-corrected chi connectivity index (χ3v) is 10.6. The molecule has 0 spiro atoms. The lowest BCUT2D eigenvalue weighted by molar-refractivity contribution is 0.394. The number of aromatic nitrogens is 4. The summed E-state index contributed by atoms with van der Waals surface area (Å²) in [6.07, 6.45) is 12.9. The van der Waals surface area contributed by atoms with Crippen LogP contribution in [0.15, 0.2) is 170 Å². The van der Waals surface area contributed by atoms with Gasteiger partial charge in [0.25, 0.3) is 0 Å². The Morgan fingerprint density at radius 3 is 1.69 bits per heavy atom. The van der Waals surface area contributed by atoms with Gasteiger partial charge in [-0.05, 0) is 68.0 Å². The van der Waals surface area contributed by atoms with Crippen LogP contribution in [0.5, 0.6) is 0 Å². The van der Waals surface area contributed by atoms with Crippen molar-refractivity contribution in [1.82, 2.24) is 19.9 Å². The number of fused-ring (bicyclic) bond motifs is 3. The molecule has 2 aromatic heterocycles. The first kappa shape index (κ1) is 30.8. The second-order valence-electron chi connectivity index (χ2n) is 14.0. The topological polar surface area (TPSA) is 51.6 Å². The number of hydrogen-bond donors (Lipinski definition) is 0. The van der Waals surface area contributed by atoms with E-state index in [2.05, 4.69) is 140 Å². The predicted molar refractivity (Wildman–Crippen MR) is 208 cm³/mol. The van der Waals surface area contributed by atoms with Crippen LogP contribution in [0.1, 0.15) is 30.9 Å². The van der Waals surface area contributed by atoms with Crippen LogP contribution in [-0.4, -0.2) is 19.9 Å². The quantitative estimate of drug-likeness (QED) is 0.179. The van der Waals surface area contributed by atoms with E-state index in [-0.39, 0.29) is 5.41 Å². The number of benzene rings is 5. The number of allylic oxidation sites excluding steroid dienone is 4. The van der Waals surface area contributed by atoms with Crippen molar-refractivity contribution in [3.05, 3.63) is 181 Å². The molecule has 4 nitrogen and oxygen atoms in total. The average Bonchev–Trinajstić information content (AvgIpc) is 3.44. The number of nitrogens with zero attached hydrogens (tertiary/aromatic N) is 4. The van der Waals surface area contributed by atoms with E-state index in [0.29, 0.717) is 29.3 Å². The fourth-order valence-corrected chi connectivity index (χ4v) is 7.86. The maximum absolute atomic E-state index is 4.99. The van der Waals surface area contributed by atoms with Crippen molar-refractivity contribution < 1.29 is 0 Å². The van der Waals surface area contributed by atoms with Crippen molar-refractivity contribution in [1.29, 1.82) is 0 Å². The molecule has 2 heterocycles. The molecule has 2 aliphatic carbocycles. The molecule has 2 atom stereocenters. The molecule has 0 radical (unpaired) electrons. The van der Waals surface area contributed by atoms with Gasteiger partial charge >= 0.3 is 0 Å². The SMILES string of the molecule is CC1(C)c2cccc(-c3cccc(-c4ccc(-c5nc(-c6ccccc6)nc(-c6ccc(-c7cccnc7)cc6)n5)cc4)c3)c2C2C=CC=CC21. The van der Waals surface area contributed by atoms with Gasteiger partial charge in [0.05, 0.1) is 0 Å². The molecule has 5 aromatic carbocycles. The lowest BCUT2D eigenvalue weighted by Crippen LogP contribution is -2.24. The summed E-state index contributed by atoms with van der Waals surface area (Å²) in [4.78, 5) is 19.1. The van der Waals surface area contributed by atoms with Crippen molar-refractivity contribution in [2.75, 3.05) is 0 Å². The highest BCUT2D eigenvalue weighted by molar-refractivity contribution is 5.79. The molecule has 51 heavy (non-hydrogen) atoms. The Kier molecular flexibility index (Phi) is 7.58. The molecule has 0 saturated heterocycles. The van der Waals surface area contributed by atoms with Crippen LogP contribution < -0.4 is 0 Å². The molecule has 0 saturated carbocycles. The molecule has 2 unspecified atom stereocenters. The molecule has 2 aliphatic rings. The van der Waals surface area contributed by atoms with Gasteiger partial charge in [0, 0.05) is 35.0 Å². The van der Waals surface area contributed by atoms with E-state index in [4.69, 9.17) is 15.0 Å². The van der Waals surface area contributed by atoms with E-state index in [1.54, 1.807) is 6.20 Å². The fourth-order valence-electron chi connectivity index (χ4n) is 7.86. The molecule has 9 rings (SSSR count). The van der Waals surface area contributed by atoms with E-state index < -0.39 is 0 Å². The minimum absolute atomic E-state index is 0.0866. The summed E-state index contributed by atoms with van der Waals surface area (Å²) in [5, 5.41) is 0. The minimum atomic E-state index is 0.0866. The Morgan fingerprint density at radius 2 is 1.02 bits per heavy atom. The van der Waals surface area contributed by atoms with Crippen LogP contribution in [0, 0.1) is 5.92 Å². The van der Waals surface area contributed by atoms with Crippen LogP contribution in [0.4, 0.5) is 0 Å². The molecule has 0 amide bonds. The monoisotopic (exact) mass is 656 g/mol. The van der Waals surface area contributed by atoms with Gasteiger partial charge in [0.2, 0.25) is 0 Å². The van der Waals surface area contributed by atoms with E-state index in [9.17, 15) is 0 Å². The predicted octanol–water partition coefficient (Wildman–Crippen LogP) is 11.4. The molecule has 7 aromatic rings. The second-order valence-corrected chi connectivity index (χ2v) is 14.0. The third-order valence-electron chi connectivity index (χ3n) is 10.6. The lowest BCUT2D eigenvalue weighted by Gasteiger charge is -2.29. The van der Waals surface area contributed by atoms with Crippen molar-refractivity contribution >= 4 is 0 Å². The van der Waals surface area contributed by atoms with Crippen molar-refractivity contribution in [3.63, 3.8) is 0 Å². The van der Waals surface area contributed by atoms with Crippen molar-refractivity contribution in [3.8, 4) is 67.5 Å². The van der Waals surface area contributed by atoms with Gasteiger partial charge in [-0.1, -0.05) is 159 Å². The first-order chi connectivity index (χ1) is 25.0. The molecule has 244 valence electrons. The summed E-state index contributed by atoms with van der Waals surface area (Å²) >= 11 is 0. The highest BCUT2D eigenvalue weighted by Gasteiger charge is 2.45. The molecular formula is C47H36N4. The normalized spacial score (nSPS) is 16.8. The summed E-state index contributed by atoms with van der Waals surface area (Å²) < 4.78 is 0. The smallest absolute Gasteiger partial charge is 0.164 e. The zero-order chi connectivity index (χ0) is 34.4. The van der Waals surface area contributed by atoms with Gasteiger partial charge < -0.3 is 0 Å². The number of hydrogen-bond acceptors (Lipinski definition) is 4. The fraction of sp³-hybridized carbons (Fsp3) is 0.106. The zero-order valence-corrected chi connectivity index (χ0v) is 28.6.